The number of amidine groups is 1. The Labute approximate surface area is 168 Å². The van der Waals surface area contributed by atoms with Crippen molar-refractivity contribution in [3.8, 4) is 5.75 Å². The number of hydrogen-bond acceptors (Lipinski definition) is 5. The number of hydrazone groups is 1. The minimum atomic E-state index is -4.47. The van der Waals surface area contributed by atoms with Crippen molar-refractivity contribution in [3.05, 3.63) is 29.8 Å². The van der Waals surface area contributed by atoms with Gasteiger partial charge in [0.25, 0.3) is 5.91 Å². The van der Waals surface area contributed by atoms with Crippen molar-refractivity contribution in [2.24, 2.45) is 5.10 Å². The van der Waals surface area contributed by atoms with Gasteiger partial charge in [-0.15, -0.1) is 0 Å². The van der Waals surface area contributed by atoms with E-state index >= 15 is 0 Å². The first kappa shape index (κ1) is 22.8. The van der Waals surface area contributed by atoms with Gasteiger partial charge in [0.2, 0.25) is 5.84 Å². The third-order valence-corrected chi connectivity index (χ3v) is 4.41. The van der Waals surface area contributed by atoms with E-state index in [1.807, 2.05) is 6.92 Å². The van der Waals surface area contributed by atoms with Gasteiger partial charge in [-0.05, 0) is 19.1 Å². The highest BCUT2D eigenvalue weighted by Crippen LogP contribution is 2.36. The molecule has 1 aliphatic rings. The van der Waals surface area contributed by atoms with Crippen LogP contribution in [0.4, 0.5) is 13.2 Å². The molecule has 1 aromatic carbocycles. The van der Waals surface area contributed by atoms with Gasteiger partial charge in [0.15, 0.2) is 0 Å². The van der Waals surface area contributed by atoms with Crippen LogP contribution in [0.15, 0.2) is 29.4 Å². The second-order valence-corrected chi connectivity index (χ2v) is 6.42. The zero-order chi connectivity index (χ0) is 21.3. The summed E-state index contributed by atoms with van der Waals surface area (Å²) in [5, 5.41) is 6.71. The number of halogens is 3. The van der Waals surface area contributed by atoms with Crippen LogP contribution in [-0.4, -0.2) is 62.6 Å². The number of nitrogens with one attached hydrogen (secondary N) is 2. The molecule has 0 unspecified atom stereocenters. The Balaban J connectivity index is 1.96. The predicted octanol–water partition coefficient (Wildman–Crippen LogP) is 2.23. The quantitative estimate of drug-likeness (QED) is 0.309. The van der Waals surface area contributed by atoms with E-state index in [4.69, 9.17) is 9.47 Å². The Bertz CT molecular complexity index is 690. The molecule has 1 fully saturated rings. The second kappa shape index (κ2) is 10.9. The molecule has 7 nitrogen and oxygen atoms in total. The number of para-hydroxylation sites is 1. The molecule has 0 saturated carbocycles. The van der Waals surface area contributed by atoms with Crippen LogP contribution in [-0.2, 0) is 15.7 Å². The summed E-state index contributed by atoms with van der Waals surface area (Å²) >= 11 is 0. The molecule has 0 radical (unpaired) electrons. The van der Waals surface area contributed by atoms with Crippen LogP contribution < -0.4 is 15.5 Å². The smallest absolute Gasteiger partial charge is 0.419 e. The maximum Gasteiger partial charge on any atom is 0.419 e. The minimum absolute atomic E-state index is 0.170. The van der Waals surface area contributed by atoms with Crippen LogP contribution in [0.25, 0.3) is 0 Å². The molecule has 0 spiro atoms. The van der Waals surface area contributed by atoms with Crippen LogP contribution in [0.3, 0.4) is 0 Å². The van der Waals surface area contributed by atoms with Crippen molar-refractivity contribution in [2.75, 3.05) is 39.9 Å². The first-order chi connectivity index (χ1) is 13.9. The van der Waals surface area contributed by atoms with Crippen molar-refractivity contribution in [1.29, 1.82) is 0 Å². The number of likely N-dealkylation sites (N-methyl/N-ethyl adjacent to an activating group) is 1. The molecule has 1 heterocycles. The summed E-state index contributed by atoms with van der Waals surface area (Å²) in [5.41, 5.74) is 2.03. The molecule has 0 aromatic heterocycles. The lowest BCUT2D eigenvalue weighted by atomic mass is 10.1. The number of rotatable bonds is 7. The number of nitrogens with zero attached hydrogens (tertiary/aromatic N) is 2. The van der Waals surface area contributed by atoms with Crippen molar-refractivity contribution >= 4 is 11.7 Å². The zero-order valence-electron chi connectivity index (χ0n) is 16.6. The van der Waals surface area contributed by atoms with Crippen LogP contribution in [0, 0.1) is 0 Å². The first-order valence-electron chi connectivity index (χ1n) is 9.55. The highest BCUT2D eigenvalue weighted by atomic mass is 19.4. The van der Waals surface area contributed by atoms with Gasteiger partial charge in [0, 0.05) is 39.6 Å². The Hall–Kier alpha value is -2.49. The molecule has 1 saturated heterocycles. The normalized spacial score (nSPS) is 15.9. The second-order valence-electron chi connectivity index (χ2n) is 6.42. The molecule has 0 atom stereocenters. The first-order valence-corrected chi connectivity index (χ1v) is 9.55. The Morgan fingerprint density at radius 3 is 2.59 bits per heavy atom. The fourth-order valence-electron chi connectivity index (χ4n) is 2.94. The molecule has 0 aliphatic carbocycles. The lowest BCUT2D eigenvalue weighted by Crippen LogP contribution is -2.48. The number of amides is 1. The number of benzene rings is 1. The van der Waals surface area contributed by atoms with Gasteiger partial charge < -0.3 is 25.1 Å². The van der Waals surface area contributed by atoms with Gasteiger partial charge >= 0.3 is 6.18 Å². The molecule has 29 heavy (non-hydrogen) atoms. The van der Waals surface area contributed by atoms with E-state index in [9.17, 15) is 18.0 Å². The van der Waals surface area contributed by atoms with Crippen LogP contribution in [0.5, 0.6) is 5.75 Å². The van der Waals surface area contributed by atoms with E-state index in [0.29, 0.717) is 45.7 Å². The van der Waals surface area contributed by atoms with E-state index in [2.05, 4.69) is 15.8 Å². The number of ether oxygens (including phenoxy) is 2. The van der Waals surface area contributed by atoms with E-state index < -0.39 is 11.7 Å². The van der Waals surface area contributed by atoms with Gasteiger partial charge in [-0.25, -0.2) is 0 Å². The molecule has 0 bridgehead atoms. The Kier molecular flexibility index (Phi) is 8.56. The van der Waals surface area contributed by atoms with Gasteiger partial charge in [0.05, 0.1) is 18.7 Å². The molecule has 2 rings (SSSR count). The van der Waals surface area contributed by atoms with Gasteiger partial charge in [-0.2, -0.15) is 18.3 Å². The lowest BCUT2D eigenvalue weighted by molar-refractivity contribution is -0.139. The standard InChI is InChI=1S/C19H27F3N4O3/c1-3-28-13-10-24-25-17(18(27)23-2)26-11-8-14(9-12-26)29-16-7-5-4-6-15(16)19(20,21)22/h4-7,14,24H,3,8-13H2,1-2H3,(H,23,27)/b25-17+. The van der Waals surface area contributed by atoms with E-state index in [1.165, 1.54) is 25.2 Å². The van der Waals surface area contributed by atoms with E-state index in [0.717, 1.165) is 6.07 Å². The summed E-state index contributed by atoms with van der Waals surface area (Å²) in [6.07, 6.45) is -3.89. The number of carbonyl (C=O) groups excluding carboxylic acids is 1. The number of likely N-dealkylation sites (tertiary alicyclic amines) is 1. The molecule has 10 heteroatoms. The maximum atomic E-state index is 13.1. The van der Waals surface area contributed by atoms with Gasteiger partial charge in [-0.1, -0.05) is 12.1 Å². The molecule has 1 aliphatic heterocycles. The van der Waals surface area contributed by atoms with Gasteiger partial charge in [-0.3, -0.25) is 4.79 Å². The number of hydrogen-bond donors (Lipinski definition) is 2. The third kappa shape index (κ3) is 6.81. The molecule has 2 N–H and O–H groups in total. The molecule has 1 aromatic rings. The molecule has 1 amide bonds. The number of carbonyl (C=O) groups is 1. The molecule has 162 valence electrons. The zero-order valence-corrected chi connectivity index (χ0v) is 16.6. The van der Waals surface area contributed by atoms with Crippen molar-refractivity contribution in [2.45, 2.75) is 32.0 Å². The highest BCUT2D eigenvalue weighted by molar-refractivity contribution is 6.37. The van der Waals surface area contributed by atoms with Gasteiger partial charge in [0.1, 0.15) is 11.9 Å². The summed E-state index contributed by atoms with van der Waals surface area (Å²) in [6.45, 7) is 4.30. The highest BCUT2D eigenvalue weighted by Gasteiger charge is 2.35. The largest absolute Gasteiger partial charge is 0.490 e. The summed E-state index contributed by atoms with van der Waals surface area (Å²) in [7, 11) is 1.52. The number of alkyl halides is 3. The van der Waals surface area contributed by atoms with Crippen molar-refractivity contribution in [3.63, 3.8) is 0 Å². The average molecular weight is 416 g/mol. The Morgan fingerprint density at radius 2 is 1.97 bits per heavy atom. The molecular formula is C19H27F3N4O3. The summed E-state index contributed by atoms with van der Waals surface area (Å²) in [4.78, 5) is 13.9. The van der Waals surface area contributed by atoms with Crippen LogP contribution in [0.1, 0.15) is 25.3 Å². The van der Waals surface area contributed by atoms with E-state index in [1.54, 1.807) is 4.90 Å². The SMILES string of the molecule is CCOCCN/N=C(\C(=O)NC)N1CCC(Oc2ccccc2C(F)(F)F)CC1. The lowest BCUT2D eigenvalue weighted by Gasteiger charge is -2.33. The third-order valence-electron chi connectivity index (χ3n) is 4.41. The minimum Gasteiger partial charge on any atom is -0.490 e. The summed E-state index contributed by atoms with van der Waals surface area (Å²) < 4.78 is 50.2. The summed E-state index contributed by atoms with van der Waals surface area (Å²) in [5.74, 6) is -0.273. The number of piperidine rings is 1. The maximum absolute atomic E-state index is 13.1. The molecular weight excluding hydrogens is 389 g/mol. The fraction of sp³-hybridized carbons (Fsp3) is 0.579. The van der Waals surface area contributed by atoms with Crippen molar-refractivity contribution in [1.82, 2.24) is 15.6 Å². The monoisotopic (exact) mass is 416 g/mol. The van der Waals surface area contributed by atoms with Crippen molar-refractivity contribution < 1.29 is 27.4 Å². The topological polar surface area (TPSA) is 75.2 Å². The Morgan fingerprint density at radius 1 is 1.28 bits per heavy atom. The average Bonchev–Trinajstić information content (AvgIpc) is 2.70. The predicted molar refractivity (Wildman–Crippen MR) is 103 cm³/mol. The van der Waals surface area contributed by atoms with Crippen LogP contribution >= 0.6 is 0 Å². The van der Waals surface area contributed by atoms with E-state index in [-0.39, 0.29) is 23.6 Å². The summed E-state index contributed by atoms with van der Waals surface area (Å²) in [6, 6.07) is 5.19. The van der Waals surface area contributed by atoms with Crippen LogP contribution in [0.2, 0.25) is 0 Å². The fourth-order valence-corrected chi connectivity index (χ4v) is 2.94.